The van der Waals surface area contributed by atoms with Gasteiger partial charge in [0.25, 0.3) is 0 Å². The number of methoxy groups -OCH3 is 1. The largest absolute Gasteiger partial charge is 0.490 e. The Balaban J connectivity index is 2.51. The maximum atomic E-state index is 10.9. The van der Waals surface area contributed by atoms with Gasteiger partial charge < -0.3 is 18.9 Å². The summed E-state index contributed by atoms with van der Waals surface area (Å²) < 4.78 is 22.2. The molecule has 118 valence electrons. The molecule has 1 rings (SSSR count). The van der Waals surface area contributed by atoms with Crippen LogP contribution in [-0.2, 0) is 9.47 Å². The fourth-order valence-corrected chi connectivity index (χ4v) is 2.24. The Morgan fingerprint density at radius 2 is 1.95 bits per heavy atom. The summed E-state index contributed by atoms with van der Waals surface area (Å²) in [7, 11) is 1.67. The Kier molecular flexibility index (Phi) is 9.05. The Hall–Kier alpha value is -1.11. The molecule has 0 aliphatic carbocycles. The van der Waals surface area contributed by atoms with Crippen molar-refractivity contribution in [2.75, 3.05) is 40.1 Å². The monoisotopic (exact) mass is 360 g/mol. The molecule has 0 atom stereocenters. The van der Waals surface area contributed by atoms with Gasteiger partial charge in [0.05, 0.1) is 17.7 Å². The van der Waals surface area contributed by atoms with Crippen molar-refractivity contribution in [3.05, 3.63) is 22.2 Å². The number of rotatable bonds is 11. The van der Waals surface area contributed by atoms with Crippen molar-refractivity contribution >= 4 is 22.2 Å². The first-order valence-corrected chi connectivity index (χ1v) is 7.63. The van der Waals surface area contributed by atoms with Crippen LogP contribution in [-0.4, -0.2) is 46.4 Å². The van der Waals surface area contributed by atoms with Crippen LogP contribution in [0.15, 0.2) is 16.6 Å². The molecule has 5 nitrogen and oxygen atoms in total. The Bertz CT molecular complexity index is 436. The number of carbonyl (C=O) groups is 1. The summed E-state index contributed by atoms with van der Waals surface area (Å²) in [6.45, 7) is 4.60. The van der Waals surface area contributed by atoms with Gasteiger partial charge in [-0.2, -0.15) is 0 Å². The minimum atomic E-state index is 0.409. The van der Waals surface area contributed by atoms with E-state index in [-0.39, 0.29) is 0 Å². The molecule has 0 fully saturated rings. The molecule has 1 aromatic rings. The number of ether oxygens (including phenoxy) is 4. The molecule has 0 amide bonds. The predicted octanol–water partition coefficient (Wildman–Crippen LogP) is 3.09. The van der Waals surface area contributed by atoms with Crippen LogP contribution in [0, 0.1) is 0 Å². The van der Waals surface area contributed by atoms with Crippen LogP contribution in [0.25, 0.3) is 0 Å². The molecule has 0 N–H and O–H groups in total. The van der Waals surface area contributed by atoms with Gasteiger partial charge in [0.2, 0.25) is 0 Å². The van der Waals surface area contributed by atoms with E-state index in [1.54, 1.807) is 19.2 Å². The summed E-state index contributed by atoms with van der Waals surface area (Å²) in [5.41, 5.74) is 0.536. The van der Waals surface area contributed by atoms with E-state index in [4.69, 9.17) is 18.9 Å². The zero-order chi connectivity index (χ0) is 15.5. The normalized spacial score (nSPS) is 10.4. The van der Waals surface area contributed by atoms with Gasteiger partial charge in [-0.3, -0.25) is 4.79 Å². The number of hydrogen-bond acceptors (Lipinski definition) is 5. The molecular formula is C15H21BrO5. The number of benzene rings is 1. The zero-order valence-electron chi connectivity index (χ0n) is 12.4. The highest BCUT2D eigenvalue weighted by Gasteiger charge is 2.12. The maximum absolute atomic E-state index is 10.9. The summed E-state index contributed by atoms with van der Waals surface area (Å²) >= 11 is 3.39. The second kappa shape index (κ2) is 10.6. The zero-order valence-corrected chi connectivity index (χ0v) is 14.0. The summed E-state index contributed by atoms with van der Waals surface area (Å²) in [6.07, 6.45) is 1.63. The highest BCUT2D eigenvalue weighted by molar-refractivity contribution is 9.10. The number of aldehydes is 1. The summed E-state index contributed by atoms with van der Waals surface area (Å²) in [5.74, 6) is 1.14. The average Bonchev–Trinajstić information content (AvgIpc) is 2.48. The quantitative estimate of drug-likeness (QED) is 0.448. The van der Waals surface area contributed by atoms with Crippen molar-refractivity contribution in [2.45, 2.75) is 13.3 Å². The minimum Gasteiger partial charge on any atom is -0.490 e. The molecule has 0 aromatic heterocycles. The SMILES string of the molecule is CCOc1cc(C=O)cc(Br)c1OCCOCCCOC. The van der Waals surface area contributed by atoms with Crippen molar-refractivity contribution in [1.82, 2.24) is 0 Å². The molecular weight excluding hydrogens is 340 g/mol. The summed E-state index contributed by atoms with van der Waals surface area (Å²) in [4.78, 5) is 10.9. The van der Waals surface area contributed by atoms with Gasteiger partial charge in [0.15, 0.2) is 11.5 Å². The summed E-state index contributed by atoms with van der Waals surface area (Å²) in [6, 6.07) is 3.36. The fraction of sp³-hybridized carbons (Fsp3) is 0.533. The molecule has 0 bridgehead atoms. The topological polar surface area (TPSA) is 54.0 Å². The number of carbonyl (C=O) groups excluding carboxylic acids is 1. The van der Waals surface area contributed by atoms with E-state index in [0.29, 0.717) is 54.6 Å². The van der Waals surface area contributed by atoms with E-state index >= 15 is 0 Å². The van der Waals surface area contributed by atoms with Crippen molar-refractivity contribution in [3.63, 3.8) is 0 Å². The Morgan fingerprint density at radius 1 is 1.14 bits per heavy atom. The lowest BCUT2D eigenvalue weighted by Gasteiger charge is -2.14. The van der Waals surface area contributed by atoms with E-state index in [1.165, 1.54) is 0 Å². The van der Waals surface area contributed by atoms with Crippen LogP contribution in [0.4, 0.5) is 0 Å². The van der Waals surface area contributed by atoms with Crippen LogP contribution in [0.3, 0.4) is 0 Å². The molecule has 0 saturated carbocycles. The predicted molar refractivity (Wildman–Crippen MR) is 83.5 cm³/mol. The first-order valence-electron chi connectivity index (χ1n) is 6.84. The molecule has 0 spiro atoms. The van der Waals surface area contributed by atoms with E-state index in [1.807, 2.05) is 6.92 Å². The van der Waals surface area contributed by atoms with Crippen LogP contribution in [0.1, 0.15) is 23.7 Å². The van der Waals surface area contributed by atoms with E-state index in [9.17, 15) is 4.79 Å². The number of hydrogen-bond donors (Lipinski definition) is 0. The van der Waals surface area contributed by atoms with E-state index < -0.39 is 0 Å². The summed E-state index contributed by atoms with van der Waals surface area (Å²) in [5, 5.41) is 0. The lowest BCUT2D eigenvalue weighted by molar-refractivity contribution is 0.0796. The fourth-order valence-electron chi connectivity index (χ4n) is 1.67. The third-order valence-corrected chi connectivity index (χ3v) is 3.17. The first-order chi connectivity index (χ1) is 10.2. The molecule has 0 saturated heterocycles. The van der Waals surface area contributed by atoms with Gasteiger partial charge in [-0.1, -0.05) is 0 Å². The lowest BCUT2D eigenvalue weighted by atomic mass is 10.2. The Labute approximate surface area is 133 Å². The smallest absolute Gasteiger partial charge is 0.175 e. The molecule has 0 radical (unpaired) electrons. The van der Waals surface area contributed by atoms with Crippen molar-refractivity contribution in [3.8, 4) is 11.5 Å². The average molecular weight is 361 g/mol. The molecule has 0 aliphatic rings. The Morgan fingerprint density at radius 3 is 2.62 bits per heavy atom. The minimum absolute atomic E-state index is 0.409. The van der Waals surface area contributed by atoms with Crippen LogP contribution in [0.2, 0.25) is 0 Å². The molecule has 0 unspecified atom stereocenters. The van der Waals surface area contributed by atoms with Crippen LogP contribution >= 0.6 is 15.9 Å². The highest BCUT2D eigenvalue weighted by Crippen LogP contribution is 2.36. The van der Waals surface area contributed by atoms with Gasteiger partial charge >= 0.3 is 0 Å². The van der Waals surface area contributed by atoms with E-state index in [0.717, 1.165) is 12.7 Å². The van der Waals surface area contributed by atoms with Gasteiger partial charge in [0, 0.05) is 25.9 Å². The van der Waals surface area contributed by atoms with Crippen molar-refractivity contribution in [2.24, 2.45) is 0 Å². The van der Waals surface area contributed by atoms with Gasteiger partial charge in [-0.25, -0.2) is 0 Å². The third kappa shape index (κ3) is 6.46. The van der Waals surface area contributed by atoms with E-state index in [2.05, 4.69) is 15.9 Å². The van der Waals surface area contributed by atoms with Crippen molar-refractivity contribution < 1.29 is 23.7 Å². The maximum Gasteiger partial charge on any atom is 0.175 e. The standard InChI is InChI=1S/C15H21BrO5/c1-3-20-14-10-12(11-17)9-13(16)15(14)21-8-7-19-6-4-5-18-2/h9-11H,3-8H2,1-2H3. The molecule has 6 heteroatoms. The van der Waals surface area contributed by atoms with Crippen LogP contribution in [0.5, 0.6) is 11.5 Å². The highest BCUT2D eigenvalue weighted by atomic mass is 79.9. The molecule has 21 heavy (non-hydrogen) atoms. The number of halogens is 1. The third-order valence-electron chi connectivity index (χ3n) is 2.58. The van der Waals surface area contributed by atoms with Gasteiger partial charge in [-0.05, 0) is 41.4 Å². The second-order valence-corrected chi connectivity index (χ2v) is 5.04. The molecule has 0 aliphatic heterocycles. The first kappa shape index (κ1) is 17.9. The second-order valence-electron chi connectivity index (χ2n) is 4.19. The van der Waals surface area contributed by atoms with Gasteiger partial charge in [-0.15, -0.1) is 0 Å². The lowest BCUT2D eigenvalue weighted by Crippen LogP contribution is -2.10. The molecule has 1 aromatic carbocycles. The van der Waals surface area contributed by atoms with Crippen LogP contribution < -0.4 is 9.47 Å². The molecule has 0 heterocycles. The van der Waals surface area contributed by atoms with Crippen molar-refractivity contribution in [1.29, 1.82) is 0 Å². The van der Waals surface area contributed by atoms with Gasteiger partial charge in [0.1, 0.15) is 12.9 Å².